The molecule has 0 saturated heterocycles. The van der Waals surface area contributed by atoms with E-state index >= 15 is 0 Å². The van der Waals surface area contributed by atoms with E-state index in [1.807, 2.05) is 0 Å². The molecule has 0 saturated carbocycles. The van der Waals surface area contributed by atoms with Gasteiger partial charge in [0.2, 0.25) is 0 Å². The summed E-state index contributed by atoms with van der Waals surface area (Å²) in [4.78, 5) is 0. The van der Waals surface area contributed by atoms with Crippen LogP contribution in [0.5, 0.6) is 0 Å². The van der Waals surface area contributed by atoms with Crippen molar-refractivity contribution in [2.75, 3.05) is 24.3 Å². The van der Waals surface area contributed by atoms with Gasteiger partial charge in [0.25, 0.3) is 0 Å². The molecule has 14 heavy (non-hydrogen) atoms. The molecule has 0 fully saturated rings. The van der Waals surface area contributed by atoms with Crippen molar-refractivity contribution in [3.8, 4) is 0 Å². The van der Waals surface area contributed by atoms with Gasteiger partial charge in [-0.05, 0) is 31.2 Å². The van der Waals surface area contributed by atoms with Gasteiger partial charge in [0.1, 0.15) is 0 Å². The molecule has 1 aromatic rings. The second-order valence-electron chi connectivity index (χ2n) is 3.62. The maximum atomic E-state index is 9.05. The van der Waals surface area contributed by atoms with Crippen molar-refractivity contribution in [3.05, 3.63) is 24.3 Å². The number of hydrogen-bond acceptors (Lipinski definition) is 4. The third-order valence-electron chi connectivity index (χ3n) is 2.05. The van der Waals surface area contributed by atoms with Gasteiger partial charge in [-0.15, -0.1) is 0 Å². The Morgan fingerprint density at radius 1 is 1.21 bits per heavy atom. The van der Waals surface area contributed by atoms with Gasteiger partial charge >= 0.3 is 0 Å². The van der Waals surface area contributed by atoms with Gasteiger partial charge in [-0.1, -0.05) is 0 Å². The lowest BCUT2D eigenvalue weighted by molar-refractivity contribution is 0.147. The summed E-state index contributed by atoms with van der Waals surface area (Å²) in [5.41, 5.74) is 6.34. The molecule has 0 heterocycles. The summed E-state index contributed by atoms with van der Waals surface area (Å²) < 4.78 is 0. The fourth-order valence-electron chi connectivity index (χ4n) is 1.04. The van der Waals surface area contributed by atoms with Crippen LogP contribution in [0.3, 0.4) is 0 Å². The van der Waals surface area contributed by atoms with Crippen LogP contribution in [0, 0.1) is 0 Å². The monoisotopic (exact) mass is 196 g/mol. The molecule has 4 nitrogen and oxygen atoms in total. The molecule has 0 amide bonds. The highest BCUT2D eigenvalue weighted by atomic mass is 16.3. The van der Waals surface area contributed by atoms with Crippen LogP contribution in [-0.2, 0) is 0 Å². The van der Waals surface area contributed by atoms with E-state index in [9.17, 15) is 0 Å². The lowest BCUT2D eigenvalue weighted by Crippen LogP contribution is -2.42. The molecule has 0 aliphatic rings. The zero-order valence-electron chi connectivity index (χ0n) is 8.20. The number of anilines is 2. The van der Waals surface area contributed by atoms with Crippen molar-refractivity contribution in [2.24, 2.45) is 0 Å². The second-order valence-corrected chi connectivity index (χ2v) is 3.62. The summed E-state index contributed by atoms with van der Waals surface area (Å²) in [5.74, 6) is 0. The van der Waals surface area contributed by atoms with Gasteiger partial charge in [0.15, 0.2) is 0 Å². The van der Waals surface area contributed by atoms with Crippen LogP contribution >= 0.6 is 0 Å². The van der Waals surface area contributed by atoms with E-state index in [4.69, 9.17) is 15.9 Å². The van der Waals surface area contributed by atoms with Crippen LogP contribution in [-0.4, -0.2) is 29.0 Å². The minimum absolute atomic E-state index is 0.131. The molecule has 0 aliphatic heterocycles. The van der Waals surface area contributed by atoms with Crippen LogP contribution in [0.25, 0.3) is 0 Å². The molecule has 0 atom stereocenters. The SMILES string of the molecule is CC(CO)(CO)Nc1ccc(N)cc1. The van der Waals surface area contributed by atoms with Crippen molar-refractivity contribution in [1.29, 1.82) is 0 Å². The molecule has 0 aliphatic carbocycles. The highest BCUT2D eigenvalue weighted by molar-refractivity contribution is 5.52. The highest BCUT2D eigenvalue weighted by Gasteiger charge is 2.21. The second kappa shape index (κ2) is 4.30. The third-order valence-corrected chi connectivity index (χ3v) is 2.05. The van der Waals surface area contributed by atoms with E-state index in [2.05, 4.69) is 5.32 Å². The minimum Gasteiger partial charge on any atom is -0.399 e. The molecule has 0 aromatic heterocycles. The van der Waals surface area contributed by atoms with E-state index in [0.29, 0.717) is 5.69 Å². The Morgan fingerprint density at radius 2 is 1.71 bits per heavy atom. The lowest BCUT2D eigenvalue weighted by atomic mass is 10.1. The van der Waals surface area contributed by atoms with E-state index in [1.165, 1.54) is 0 Å². The van der Waals surface area contributed by atoms with Crippen molar-refractivity contribution in [1.82, 2.24) is 0 Å². The van der Waals surface area contributed by atoms with Crippen molar-refractivity contribution in [2.45, 2.75) is 12.5 Å². The van der Waals surface area contributed by atoms with Crippen molar-refractivity contribution >= 4 is 11.4 Å². The van der Waals surface area contributed by atoms with Crippen LogP contribution in [0.15, 0.2) is 24.3 Å². The molecular formula is C10H16N2O2. The first-order valence-corrected chi connectivity index (χ1v) is 4.45. The predicted molar refractivity (Wildman–Crippen MR) is 57.1 cm³/mol. The topological polar surface area (TPSA) is 78.5 Å². The molecule has 1 aromatic carbocycles. The maximum absolute atomic E-state index is 9.05. The van der Waals surface area contributed by atoms with Crippen molar-refractivity contribution in [3.63, 3.8) is 0 Å². The smallest absolute Gasteiger partial charge is 0.0806 e. The molecule has 1 rings (SSSR count). The molecule has 5 N–H and O–H groups in total. The third kappa shape index (κ3) is 2.61. The van der Waals surface area contributed by atoms with Crippen molar-refractivity contribution < 1.29 is 10.2 Å². The molecule has 78 valence electrons. The summed E-state index contributed by atoms with van der Waals surface area (Å²) in [6.07, 6.45) is 0. The molecule has 0 unspecified atom stereocenters. The summed E-state index contributed by atoms with van der Waals surface area (Å²) in [7, 11) is 0. The Hall–Kier alpha value is -1.26. The molecule has 0 radical (unpaired) electrons. The maximum Gasteiger partial charge on any atom is 0.0806 e. The molecular weight excluding hydrogens is 180 g/mol. The summed E-state index contributed by atoms with van der Waals surface area (Å²) >= 11 is 0. The number of rotatable bonds is 4. The first-order valence-electron chi connectivity index (χ1n) is 4.45. The number of aliphatic hydroxyl groups excluding tert-OH is 2. The Morgan fingerprint density at radius 3 is 2.14 bits per heavy atom. The highest BCUT2D eigenvalue weighted by Crippen LogP contribution is 2.16. The van der Waals surface area contributed by atoms with Gasteiger partial charge in [0, 0.05) is 11.4 Å². The quantitative estimate of drug-likeness (QED) is 0.526. The Labute approximate surface area is 83.4 Å². The van der Waals surface area contributed by atoms with E-state index in [0.717, 1.165) is 5.69 Å². The fourth-order valence-corrected chi connectivity index (χ4v) is 1.04. The summed E-state index contributed by atoms with van der Waals surface area (Å²) in [6.45, 7) is 1.48. The van der Waals surface area contributed by atoms with Gasteiger partial charge in [0.05, 0.1) is 18.8 Å². The Bertz CT molecular complexity index is 281. The van der Waals surface area contributed by atoms with Gasteiger partial charge in [-0.2, -0.15) is 0 Å². The average molecular weight is 196 g/mol. The van der Waals surface area contributed by atoms with Gasteiger partial charge in [-0.3, -0.25) is 0 Å². The number of aliphatic hydroxyl groups is 2. The Kier molecular flexibility index (Phi) is 3.33. The van der Waals surface area contributed by atoms with E-state index in [-0.39, 0.29) is 13.2 Å². The standard InChI is InChI=1S/C10H16N2O2/c1-10(6-13,7-14)12-9-4-2-8(11)3-5-9/h2-5,12-14H,6-7,11H2,1H3. The van der Waals surface area contributed by atoms with Crippen LogP contribution in [0.4, 0.5) is 11.4 Å². The van der Waals surface area contributed by atoms with Crippen LogP contribution < -0.4 is 11.1 Å². The minimum atomic E-state index is -0.698. The zero-order valence-corrected chi connectivity index (χ0v) is 8.20. The van der Waals surface area contributed by atoms with Crippen LogP contribution in [0.2, 0.25) is 0 Å². The molecule has 4 heteroatoms. The lowest BCUT2D eigenvalue weighted by Gasteiger charge is -2.27. The zero-order chi connectivity index (χ0) is 10.6. The largest absolute Gasteiger partial charge is 0.399 e. The van der Waals surface area contributed by atoms with Gasteiger partial charge in [-0.25, -0.2) is 0 Å². The number of nitrogens with one attached hydrogen (secondary N) is 1. The summed E-state index contributed by atoms with van der Waals surface area (Å²) in [5, 5.41) is 21.1. The first-order chi connectivity index (χ1) is 6.59. The normalized spacial score (nSPS) is 11.4. The van der Waals surface area contributed by atoms with E-state index < -0.39 is 5.54 Å². The molecule has 0 spiro atoms. The van der Waals surface area contributed by atoms with Crippen LogP contribution in [0.1, 0.15) is 6.92 Å². The van der Waals surface area contributed by atoms with E-state index in [1.54, 1.807) is 31.2 Å². The number of hydrogen-bond donors (Lipinski definition) is 4. The Balaban J connectivity index is 2.72. The number of nitrogens with two attached hydrogens (primary N) is 1. The first kappa shape index (κ1) is 10.8. The predicted octanol–water partition coefficient (Wildman–Crippen LogP) is 0.424. The van der Waals surface area contributed by atoms with Gasteiger partial charge < -0.3 is 21.3 Å². The fraction of sp³-hybridized carbons (Fsp3) is 0.400. The average Bonchev–Trinajstić information content (AvgIpc) is 2.21. The molecule has 0 bridgehead atoms. The summed E-state index contributed by atoms with van der Waals surface area (Å²) in [6, 6.07) is 7.13. The number of nitrogen functional groups attached to an aromatic ring is 1. The number of benzene rings is 1.